The molecule has 0 N–H and O–H groups in total. The lowest BCUT2D eigenvalue weighted by molar-refractivity contribution is -0.0231. The Labute approximate surface area is 153 Å². The normalized spacial score (nSPS) is 18.7. The molecule has 0 bridgehead atoms. The van der Waals surface area contributed by atoms with Crippen molar-refractivity contribution in [2.75, 3.05) is 44.7 Å². The van der Waals surface area contributed by atoms with Crippen molar-refractivity contribution < 1.29 is 4.74 Å². The Balaban J connectivity index is 1.12. The van der Waals surface area contributed by atoms with Crippen molar-refractivity contribution in [1.29, 1.82) is 0 Å². The summed E-state index contributed by atoms with van der Waals surface area (Å²) < 4.78 is 7.51. The van der Waals surface area contributed by atoms with Crippen molar-refractivity contribution in [2.24, 2.45) is 5.41 Å². The summed E-state index contributed by atoms with van der Waals surface area (Å²) in [5, 5.41) is 0. The molecule has 3 heterocycles. The van der Waals surface area contributed by atoms with Crippen LogP contribution in [-0.2, 0) is 6.54 Å². The molecule has 1 aromatic heterocycles. The zero-order valence-electron chi connectivity index (χ0n) is 15.1. The van der Waals surface area contributed by atoms with Gasteiger partial charge in [0.1, 0.15) is 5.75 Å². The van der Waals surface area contributed by atoms with Gasteiger partial charge in [-0.1, -0.05) is 12.1 Å². The fourth-order valence-corrected chi connectivity index (χ4v) is 4.44. The molecule has 2 fully saturated rings. The summed E-state index contributed by atoms with van der Waals surface area (Å²) in [6.45, 7) is 6.88. The Hall–Kier alpha value is -2.53. The molecule has 134 valence electrons. The second-order valence-corrected chi connectivity index (χ2v) is 7.69. The molecule has 2 aromatic carbocycles. The van der Waals surface area contributed by atoms with Crippen LogP contribution in [0.3, 0.4) is 0 Å². The lowest BCUT2D eigenvalue weighted by atomic mass is 9.72. The first-order valence-electron chi connectivity index (χ1n) is 9.26. The molecule has 0 unspecified atom stereocenters. The average Bonchev–Trinajstić information content (AvgIpc) is 3.03. The molecule has 5 heteroatoms. The first-order valence-corrected chi connectivity index (χ1v) is 9.26. The van der Waals surface area contributed by atoms with Crippen LogP contribution in [0.4, 0.5) is 5.69 Å². The smallest absolute Gasteiger partial charge is 0.119 e. The fourth-order valence-electron chi connectivity index (χ4n) is 4.44. The molecule has 2 saturated heterocycles. The van der Waals surface area contributed by atoms with Gasteiger partial charge in [0.2, 0.25) is 0 Å². The summed E-state index contributed by atoms with van der Waals surface area (Å²) in [6, 6.07) is 16.8. The van der Waals surface area contributed by atoms with E-state index >= 15 is 0 Å². The quantitative estimate of drug-likeness (QED) is 0.710. The van der Waals surface area contributed by atoms with Crippen LogP contribution in [0.5, 0.6) is 5.75 Å². The van der Waals surface area contributed by atoms with Gasteiger partial charge in [0.15, 0.2) is 0 Å². The van der Waals surface area contributed by atoms with Crippen LogP contribution in [0.1, 0.15) is 0 Å². The third-order valence-corrected chi connectivity index (χ3v) is 5.79. The van der Waals surface area contributed by atoms with Gasteiger partial charge in [0.25, 0.3) is 0 Å². The second kappa shape index (κ2) is 6.02. The summed E-state index contributed by atoms with van der Waals surface area (Å²) in [7, 11) is 1.71. The SMILES string of the molecule is COc1ccc(N2CC3(CN(CCn4cnc5ccccc54)C3)C2)cc1. The molecular formula is C21H24N4O. The maximum atomic E-state index is 5.24. The Bertz CT molecular complexity index is 903. The highest BCUT2D eigenvalue weighted by Gasteiger charge is 2.51. The molecule has 26 heavy (non-hydrogen) atoms. The van der Waals surface area contributed by atoms with E-state index in [0.717, 1.165) is 24.4 Å². The van der Waals surface area contributed by atoms with Gasteiger partial charge in [-0.3, -0.25) is 0 Å². The molecule has 3 aromatic rings. The third-order valence-electron chi connectivity index (χ3n) is 5.79. The van der Waals surface area contributed by atoms with Crippen LogP contribution in [0.25, 0.3) is 11.0 Å². The number of hydrogen-bond donors (Lipinski definition) is 0. The van der Waals surface area contributed by atoms with Crippen molar-refractivity contribution in [3.63, 3.8) is 0 Å². The monoisotopic (exact) mass is 348 g/mol. The Morgan fingerprint density at radius 2 is 1.73 bits per heavy atom. The van der Waals surface area contributed by atoms with Crippen LogP contribution in [0.15, 0.2) is 54.9 Å². The highest BCUT2D eigenvalue weighted by atomic mass is 16.5. The molecule has 1 spiro atoms. The molecule has 0 aliphatic carbocycles. The largest absolute Gasteiger partial charge is 0.497 e. The van der Waals surface area contributed by atoms with Crippen molar-refractivity contribution >= 4 is 16.7 Å². The first kappa shape index (κ1) is 15.7. The van der Waals surface area contributed by atoms with Gasteiger partial charge in [0.05, 0.1) is 24.5 Å². The van der Waals surface area contributed by atoms with Crippen LogP contribution in [0.2, 0.25) is 0 Å². The molecule has 5 rings (SSSR count). The minimum absolute atomic E-state index is 0.511. The molecule has 5 nitrogen and oxygen atoms in total. The maximum Gasteiger partial charge on any atom is 0.119 e. The van der Waals surface area contributed by atoms with Gasteiger partial charge in [-0.25, -0.2) is 4.98 Å². The van der Waals surface area contributed by atoms with Gasteiger partial charge in [-0.2, -0.15) is 0 Å². The minimum atomic E-state index is 0.511. The van der Waals surface area contributed by atoms with Crippen molar-refractivity contribution in [2.45, 2.75) is 6.54 Å². The molecule has 0 saturated carbocycles. The van der Waals surface area contributed by atoms with Gasteiger partial charge in [-0.15, -0.1) is 0 Å². The summed E-state index contributed by atoms with van der Waals surface area (Å²) in [5.41, 5.74) is 4.13. The number of rotatable bonds is 5. The number of anilines is 1. The third kappa shape index (κ3) is 2.63. The lowest BCUT2D eigenvalue weighted by Gasteiger charge is -2.61. The topological polar surface area (TPSA) is 33.5 Å². The van der Waals surface area contributed by atoms with Crippen molar-refractivity contribution in [1.82, 2.24) is 14.5 Å². The van der Waals surface area contributed by atoms with Crippen LogP contribution >= 0.6 is 0 Å². The van der Waals surface area contributed by atoms with Crippen LogP contribution < -0.4 is 9.64 Å². The standard InChI is InChI=1S/C21H24N4O/c1-26-18-8-6-17(7-9-18)25-14-21(15-25)12-23(13-21)10-11-24-16-22-19-4-2-3-5-20(19)24/h2-9,16H,10-15H2,1H3. The summed E-state index contributed by atoms with van der Waals surface area (Å²) >= 11 is 0. The summed E-state index contributed by atoms with van der Waals surface area (Å²) in [4.78, 5) is 9.52. The molecule has 0 atom stereocenters. The summed E-state index contributed by atoms with van der Waals surface area (Å²) in [5.74, 6) is 0.922. The van der Waals surface area contributed by atoms with E-state index in [1.807, 2.05) is 24.5 Å². The number of nitrogens with zero attached hydrogens (tertiary/aromatic N) is 4. The number of hydrogen-bond acceptors (Lipinski definition) is 4. The van der Waals surface area contributed by atoms with E-state index in [0.29, 0.717) is 5.41 Å². The number of benzene rings is 2. The zero-order chi connectivity index (χ0) is 17.6. The predicted molar refractivity (Wildman–Crippen MR) is 104 cm³/mol. The number of likely N-dealkylation sites (tertiary alicyclic amines) is 1. The van der Waals surface area contributed by atoms with Crippen molar-refractivity contribution in [3.05, 3.63) is 54.9 Å². The Morgan fingerprint density at radius 3 is 2.50 bits per heavy atom. The lowest BCUT2D eigenvalue weighted by Crippen LogP contribution is -2.72. The molecule has 0 amide bonds. The van der Waals surface area contributed by atoms with E-state index in [4.69, 9.17) is 4.74 Å². The molecule has 0 radical (unpaired) electrons. The maximum absolute atomic E-state index is 5.24. The van der Waals surface area contributed by atoms with E-state index in [1.54, 1.807) is 7.11 Å². The van der Waals surface area contributed by atoms with Gasteiger partial charge < -0.3 is 19.1 Å². The molecular weight excluding hydrogens is 324 g/mol. The summed E-state index contributed by atoms with van der Waals surface area (Å²) in [6.07, 6.45) is 1.97. The minimum Gasteiger partial charge on any atom is -0.497 e. The fraction of sp³-hybridized carbons (Fsp3) is 0.381. The number of imidazole rings is 1. The highest BCUT2D eigenvalue weighted by molar-refractivity contribution is 5.74. The predicted octanol–water partition coefficient (Wildman–Crippen LogP) is 2.87. The van der Waals surface area contributed by atoms with Gasteiger partial charge in [0, 0.05) is 50.4 Å². The van der Waals surface area contributed by atoms with Gasteiger partial charge >= 0.3 is 0 Å². The highest BCUT2D eigenvalue weighted by Crippen LogP contribution is 2.42. The van der Waals surface area contributed by atoms with Gasteiger partial charge in [-0.05, 0) is 36.4 Å². The molecule has 2 aliphatic heterocycles. The number of para-hydroxylation sites is 2. The Kier molecular flexibility index (Phi) is 3.64. The van der Waals surface area contributed by atoms with E-state index in [-0.39, 0.29) is 0 Å². The van der Waals surface area contributed by atoms with Crippen molar-refractivity contribution in [3.8, 4) is 5.75 Å². The average molecular weight is 348 g/mol. The van der Waals surface area contributed by atoms with E-state index < -0.39 is 0 Å². The van der Waals surface area contributed by atoms with Crippen LogP contribution in [0, 0.1) is 5.41 Å². The van der Waals surface area contributed by atoms with E-state index in [9.17, 15) is 0 Å². The van der Waals surface area contributed by atoms with Crippen LogP contribution in [-0.4, -0.2) is 54.3 Å². The van der Waals surface area contributed by atoms with E-state index in [1.165, 1.54) is 37.4 Å². The number of methoxy groups -OCH3 is 1. The first-order chi connectivity index (χ1) is 12.7. The number of fused-ring (bicyclic) bond motifs is 1. The number of aromatic nitrogens is 2. The zero-order valence-corrected chi connectivity index (χ0v) is 15.1. The second-order valence-electron chi connectivity index (χ2n) is 7.69. The van der Waals surface area contributed by atoms with E-state index in [2.05, 4.69) is 49.7 Å². The number of ether oxygens (including phenoxy) is 1. The Morgan fingerprint density at radius 1 is 0.962 bits per heavy atom. The molecule has 2 aliphatic rings.